The van der Waals surface area contributed by atoms with Crippen molar-refractivity contribution in [2.75, 3.05) is 5.32 Å². The second-order valence-corrected chi connectivity index (χ2v) is 8.49. The Morgan fingerprint density at radius 1 is 1.21 bits per heavy atom. The molecule has 4 rings (SSSR count). The molecule has 0 aliphatic carbocycles. The van der Waals surface area contributed by atoms with Gasteiger partial charge in [-0.25, -0.2) is 4.99 Å². The van der Waals surface area contributed by atoms with E-state index in [-0.39, 0.29) is 5.91 Å². The number of nitrogens with zero attached hydrogens (tertiary/aromatic N) is 3. The molecule has 0 spiro atoms. The number of rotatable bonds is 7. The summed E-state index contributed by atoms with van der Waals surface area (Å²) in [6, 6.07) is 16.1. The monoisotopic (exact) mass is 473 g/mol. The van der Waals surface area contributed by atoms with Crippen LogP contribution in [0.3, 0.4) is 0 Å². The Bertz CT molecular complexity index is 1350. The molecule has 0 aliphatic rings. The van der Waals surface area contributed by atoms with E-state index in [0.717, 1.165) is 28.7 Å². The predicted molar refractivity (Wildman–Crippen MR) is 135 cm³/mol. The van der Waals surface area contributed by atoms with Crippen LogP contribution in [0.4, 0.5) is 5.69 Å². The first-order chi connectivity index (χ1) is 16.3. The average Bonchev–Trinajstić information content (AvgIpc) is 3.47. The molecule has 0 aliphatic heterocycles. The number of nitrogens with one attached hydrogen (secondary N) is 3. The van der Waals surface area contributed by atoms with Crippen LogP contribution in [0.15, 0.2) is 78.2 Å². The molecule has 5 N–H and O–H groups in total. The third-order valence-corrected chi connectivity index (χ3v) is 5.75. The SMILES string of the molecule is Cn1cc(-c2c[nH]c(C(=NC=N)c3ccc(NC(=O)C(C)(N)c4ccc(Cl)cc4)cc3)c2)cn1. The van der Waals surface area contributed by atoms with E-state index in [9.17, 15) is 4.79 Å². The third kappa shape index (κ3) is 4.83. The second kappa shape index (κ2) is 9.46. The highest BCUT2D eigenvalue weighted by molar-refractivity contribution is 6.30. The van der Waals surface area contributed by atoms with E-state index >= 15 is 0 Å². The molecule has 2 heterocycles. The van der Waals surface area contributed by atoms with E-state index < -0.39 is 5.54 Å². The van der Waals surface area contributed by atoms with Crippen LogP contribution in [0.5, 0.6) is 0 Å². The lowest BCUT2D eigenvalue weighted by molar-refractivity contribution is -0.120. The molecular formula is C25H24ClN7O. The predicted octanol–water partition coefficient (Wildman–Crippen LogP) is 4.33. The lowest BCUT2D eigenvalue weighted by Crippen LogP contribution is -2.45. The van der Waals surface area contributed by atoms with E-state index in [1.54, 1.807) is 54.2 Å². The molecule has 0 bridgehead atoms. The fourth-order valence-electron chi connectivity index (χ4n) is 3.53. The van der Waals surface area contributed by atoms with Crippen molar-refractivity contribution < 1.29 is 4.79 Å². The molecule has 1 amide bonds. The van der Waals surface area contributed by atoms with Gasteiger partial charge >= 0.3 is 0 Å². The van der Waals surface area contributed by atoms with Gasteiger partial charge in [-0.1, -0.05) is 35.9 Å². The largest absolute Gasteiger partial charge is 0.359 e. The number of aliphatic imine (C=N–C) groups is 1. The van der Waals surface area contributed by atoms with E-state index in [1.165, 1.54) is 0 Å². The van der Waals surface area contributed by atoms with Crippen molar-refractivity contribution in [2.45, 2.75) is 12.5 Å². The van der Waals surface area contributed by atoms with Crippen LogP contribution < -0.4 is 11.1 Å². The Hall–Kier alpha value is -4.01. The minimum Gasteiger partial charge on any atom is -0.359 e. The Morgan fingerprint density at radius 3 is 2.53 bits per heavy atom. The summed E-state index contributed by atoms with van der Waals surface area (Å²) in [6.07, 6.45) is 6.58. The van der Waals surface area contributed by atoms with Gasteiger partial charge in [-0.15, -0.1) is 0 Å². The number of hydrogen-bond donors (Lipinski definition) is 4. The van der Waals surface area contributed by atoms with Gasteiger partial charge in [0.15, 0.2) is 0 Å². The van der Waals surface area contributed by atoms with E-state index in [4.69, 9.17) is 22.7 Å². The molecule has 0 saturated heterocycles. The summed E-state index contributed by atoms with van der Waals surface area (Å²) in [4.78, 5) is 20.3. The second-order valence-electron chi connectivity index (χ2n) is 8.05. The molecule has 0 radical (unpaired) electrons. The first-order valence-corrected chi connectivity index (χ1v) is 10.9. The lowest BCUT2D eigenvalue weighted by atomic mass is 9.92. The van der Waals surface area contributed by atoms with Crippen molar-refractivity contribution in [3.8, 4) is 11.1 Å². The molecule has 2 aromatic heterocycles. The normalized spacial score (nSPS) is 13.4. The van der Waals surface area contributed by atoms with Crippen molar-refractivity contribution in [2.24, 2.45) is 17.8 Å². The number of carbonyl (C=O) groups excluding carboxylic acids is 1. The van der Waals surface area contributed by atoms with E-state index in [2.05, 4.69) is 20.4 Å². The van der Waals surface area contributed by atoms with Crippen molar-refractivity contribution in [3.63, 3.8) is 0 Å². The zero-order valence-electron chi connectivity index (χ0n) is 18.7. The van der Waals surface area contributed by atoms with Gasteiger partial charge < -0.3 is 16.0 Å². The maximum Gasteiger partial charge on any atom is 0.248 e. The summed E-state index contributed by atoms with van der Waals surface area (Å²) in [5.74, 6) is -0.346. The average molecular weight is 474 g/mol. The highest BCUT2D eigenvalue weighted by atomic mass is 35.5. The molecule has 0 saturated carbocycles. The molecule has 2 aromatic carbocycles. The van der Waals surface area contributed by atoms with E-state index in [1.807, 2.05) is 37.6 Å². The van der Waals surface area contributed by atoms with Crippen LogP contribution in [0, 0.1) is 5.41 Å². The maximum atomic E-state index is 12.9. The number of nitrogens with two attached hydrogens (primary N) is 1. The van der Waals surface area contributed by atoms with Crippen LogP contribution in [0.25, 0.3) is 11.1 Å². The first-order valence-electron chi connectivity index (χ1n) is 10.5. The number of benzene rings is 2. The van der Waals surface area contributed by atoms with E-state index in [0.29, 0.717) is 22.0 Å². The third-order valence-electron chi connectivity index (χ3n) is 5.50. The Morgan fingerprint density at radius 2 is 1.91 bits per heavy atom. The molecule has 9 heteroatoms. The van der Waals surface area contributed by atoms with Crippen LogP contribution >= 0.6 is 11.6 Å². The van der Waals surface area contributed by atoms with Crippen molar-refractivity contribution in [1.29, 1.82) is 5.41 Å². The number of amides is 1. The summed E-state index contributed by atoms with van der Waals surface area (Å²) in [7, 11) is 1.86. The van der Waals surface area contributed by atoms with Gasteiger partial charge in [0.25, 0.3) is 0 Å². The fourth-order valence-corrected chi connectivity index (χ4v) is 3.66. The van der Waals surface area contributed by atoms with Gasteiger partial charge in [0.05, 0.1) is 17.6 Å². The van der Waals surface area contributed by atoms with Crippen LogP contribution in [0.1, 0.15) is 23.7 Å². The summed E-state index contributed by atoms with van der Waals surface area (Å²) < 4.78 is 1.74. The fraction of sp³-hybridized carbons (Fsp3) is 0.120. The first kappa shape index (κ1) is 23.2. The molecule has 1 unspecified atom stereocenters. The van der Waals surface area contributed by atoms with Crippen LogP contribution in [-0.4, -0.2) is 32.7 Å². The summed E-state index contributed by atoms with van der Waals surface area (Å²) in [5, 5.41) is 15.1. The highest BCUT2D eigenvalue weighted by Crippen LogP contribution is 2.24. The quantitative estimate of drug-likeness (QED) is 0.236. The number of halogens is 1. The Balaban J connectivity index is 1.53. The van der Waals surface area contributed by atoms with Crippen molar-refractivity contribution in [1.82, 2.24) is 14.8 Å². The zero-order valence-corrected chi connectivity index (χ0v) is 19.5. The van der Waals surface area contributed by atoms with Gasteiger partial charge in [-0.3, -0.25) is 14.9 Å². The van der Waals surface area contributed by atoms with Crippen LogP contribution in [0.2, 0.25) is 5.02 Å². The molecule has 172 valence electrons. The van der Waals surface area contributed by atoms with Gasteiger partial charge in [0.2, 0.25) is 5.91 Å². The Kier molecular flexibility index (Phi) is 6.45. The Labute approximate surface area is 202 Å². The maximum absolute atomic E-state index is 12.9. The number of aromatic nitrogens is 3. The molecular weight excluding hydrogens is 450 g/mol. The minimum atomic E-state index is -1.23. The topological polar surface area (TPSA) is 125 Å². The standard InChI is InChI=1S/C25H24ClN7O/c1-25(28,19-5-7-20(26)8-6-19)24(34)32-21-9-3-16(4-10-21)23(30-15-27)22-11-17(12-29-22)18-13-31-33(2)14-18/h3-15,27,29H,28H2,1-2H3,(H,32,34). The summed E-state index contributed by atoms with van der Waals surface area (Å²) >= 11 is 5.94. The minimum absolute atomic E-state index is 0.346. The number of aryl methyl sites for hydroxylation is 1. The number of H-pyrrole nitrogens is 1. The lowest BCUT2D eigenvalue weighted by Gasteiger charge is -2.24. The molecule has 1 atom stereocenters. The number of carbonyl (C=O) groups is 1. The summed E-state index contributed by atoms with van der Waals surface area (Å²) in [5.41, 5.74) is 10.4. The summed E-state index contributed by atoms with van der Waals surface area (Å²) in [6.45, 7) is 1.65. The van der Waals surface area contributed by atoms with Gasteiger partial charge in [0, 0.05) is 46.8 Å². The number of anilines is 1. The molecule has 0 fully saturated rings. The van der Waals surface area contributed by atoms with Gasteiger partial charge in [-0.05, 0) is 42.8 Å². The molecule has 4 aromatic rings. The van der Waals surface area contributed by atoms with Crippen molar-refractivity contribution in [3.05, 3.63) is 95.0 Å². The zero-order chi connectivity index (χ0) is 24.3. The van der Waals surface area contributed by atoms with Gasteiger partial charge in [-0.2, -0.15) is 5.10 Å². The number of aromatic amines is 1. The smallest absolute Gasteiger partial charge is 0.248 e. The molecule has 34 heavy (non-hydrogen) atoms. The van der Waals surface area contributed by atoms with Gasteiger partial charge in [0.1, 0.15) is 11.9 Å². The van der Waals surface area contributed by atoms with Crippen molar-refractivity contribution >= 4 is 35.2 Å². The highest BCUT2D eigenvalue weighted by Gasteiger charge is 2.30. The number of hydrogen-bond acceptors (Lipinski definition) is 4. The van der Waals surface area contributed by atoms with Crippen LogP contribution in [-0.2, 0) is 17.4 Å². The molecule has 8 nitrogen and oxygen atoms in total.